The molecule has 3 aromatic rings. The van der Waals surface area contributed by atoms with Crippen molar-refractivity contribution in [3.8, 4) is 5.75 Å². The van der Waals surface area contributed by atoms with Gasteiger partial charge in [0.1, 0.15) is 11.3 Å². The highest BCUT2D eigenvalue weighted by Gasteiger charge is 2.68. The summed E-state index contributed by atoms with van der Waals surface area (Å²) in [5.74, 6) is -3.61. The normalized spacial score (nSPS) is 26.5. The molecule has 33 heavy (non-hydrogen) atoms. The summed E-state index contributed by atoms with van der Waals surface area (Å²) in [6, 6.07) is 9.45. The molecule has 2 saturated heterocycles. The quantitative estimate of drug-likeness (QED) is 0.481. The number of imide groups is 1. The molecular weight excluding hydrogens is 426 g/mol. The van der Waals surface area contributed by atoms with Crippen molar-refractivity contribution in [3.05, 3.63) is 72.6 Å². The number of fused-ring (bicyclic) bond motifs is 1. The van der Waals surface area contributed by atoms with Crippen LogP contribution in [0.15, 0.2) is 61.3 Å². The van der Waals surface area contributed by atoms with E-state index in [1.165, 1.54) is 24.9 Å². The zero-order chi connectivity index (χ0) is 23.2. The van der Waals surface area contributed by atoms with Gasteiger partial charge < -0.3 is 14.8 Å². The Kier molecular flexibility index (Phi) is 4.94. The Hall–Kier alpha value is -4.05. The van der Waals surface area contributed by atoms with E-state index in [0.29, 0.717) is 22.7 Å². The first kappa shape index (κ1) is 20.8. The molecule has 4 heterocycles. The molecule has 2 aliphatic rings. The topological polar surface area (TPSA) is 138 Å². The van der Waals surface area contributed by atoms with Crippen molar-refractivity contribution >= 4 is 23.5 Å². The molecule has 0 radical (unpaired) electrons. The third-order valence-corrected chi connectivity index (χ3v) is 6.46. The van der Waals surface area contributed by atoms with Crippen LogP contribution in [-0.4, -0.2) is 50.5 Å². The summed E-state index contributed by atoms with van der Waals surface area (Å²) in [4.78, 5) is 52.0. The van der Waals surface area contributed by atoms with Gasteiger partial charge in [-0.3, -0.25) is 24.7 Å². The van der Waals surface area contributed by atoms with E-state index in [4.69, 9.17) is 4.74 Å². The SMILES string of the molecule is COc1ccc(C2NC(Cc3cnc[nH]3)(C(=O)O)[C@H]3C(=O)N(c4ccncc4)C(=O)[C@@H]23)cc1. The van der Waals surface area contributed by atoms with Crippen LogP contribution in [0.1, 0.15) is 17.3 Å². The van der Waals surface area contributed by atoms with Crippen LogP contribution >= 0.6 is 0 Å². The second-order valence-electron chi connectivity index (χ2n) is 8.15. The predicted molar refractivity (Wildman–Crippen MR) is 115 cm³/mol. The van der Waals surface area contributed by atoms with E-state index >= 15 is 0 Å². The summed E-state index contributed by atoms with van der Waals surface area (Å²) in [5.41, 5.74) is -0.113. The number of carboxylic acid groups (broad SMARTS) is 1. The van der Waals surface area contributed by atoms with Gasteiger partial charge in [-0.2, -0.15) is 0 Å². The Bertz CT molecular complexity index is 1200. The van der Waals surface area contributed by atoms with Gasteiger partial charge in [0.15, 0.2) is 0 Å². The number of carbonyl (C=O) groups excluding carboxylic acids is 2. The van der Waals surface area contributed by atoms with Crippen LogP contribution in [0, 0.1) is 11.8 Å². The van der Waals surface area contributed by atoms with Crippen molar-refractivity contribution in [1.82, 2.24) is 20.3 Å². The lowest BCUT2D eigenvalue weighted by Gasteiger charge is -2.30. The molecule has 0 saturated carbocycles. The van der Waals surface area contributed by atoms with E-state index < -0.39 is 41.2 Å². The number of imidazole rings is 1. The second-order valence-corrected chi connectivity index (χ2v) is 8.15. The molecule has 168 valence electrons. The molecule has 1 aromatic carbocycles. The molecule has 3 N–H and O–H groups in total. The monoisotopic (exact) mass is 447 g/mol. The molecule has 0 spiro atoms. The fourth-order valence-corrected chi connectivity index (χ4v) is 4.96. The Labute approximate surface area is 188 Å². The fraction of sp³-hybridized carbons (Fsp3) is 0.261. The van der Waals surface area contributed by atoms with Gasteiger partial charge in [0.25, 0.3) is 0 Å². The number of aromatic nitrogens is 3. The van der Waals surface area contributed by atoms with Crippen LogP contribution in [0.5, 0.6) is 5.75 Å². The maximum absolute atomic E-state index is 13.7. The maximum Gasteiger partial charge on any atom is 0.325 e. The minimum absolute atomic E-state index is 0.0423. The molecule has 10 heteroatoms. The number of ether oxygens (including phenoxy) is 1. The number of anilines is 1. The molecule has 2 aliphatic heterocycles. The van der Waals surface area contributed by atoms with E-state index in [0.717, 1.165) is 4.90 Å². The van der Waals surface area contributed by atoms with Gasteiger partial charge in [-0.25, -0.2) is 9.88 Å². The van der Waals surface area contributed by atoms with Crippen LogP contribution in [-0.2, 0) is 20.8 Å². The summed E-state index contributed by atoms with van der Waals surface area (Å²) in [6.45, 7) is 0. The van der Waals surface area contributed by atoms with E-state index in [1.807, 2.05) is 0 Å². The Morgan fingerprint density at radius 1 is 1.12 bits per heavy atom. The van der Waals surface area contributed by atoms with Crippen LogP contribution in [0.25, 0.3) is 0 Å². The van der Waals surface area contributed by atoms with Crippen LogP contribution in [0.2, 0.25) is 0 Å². The minimum Gasteiger partial charge on any atom is -0.497 e. The number of nitrogens with one attached hydrogen (secondary N) is 2. The number of methoxy groups -OCH3 is 1. The molecule has 4 atom stereocenters. The second kappa shape index (κ2) is 7.82. The largest absolute Gasteiger partial charge is 0.497 e. The standard InChI is InChI=1S/C23H21N5O5/c1-33-16-4-2-13(3-5-16)19-17-18(21(30)28(20(17)29)15-6-8-24-9-7-15)23(27-19,22(31)32)10-14-11-25-12-26-14/h2-9,11-12,17-19,27H,10H2,1H3,(H,25,26)(H,31,32)/t17-,18-,19?,23?/m1/s1. The Morgan fingerprint density at radius 3 is 2.45 bits per heavy atom. The number of nitrogens with zero attached hydrogens (tertiary/aromatic N) is 3. The molecule has 5 rings (SSSR count). The third kappa shape index (κ3) is 3.18. The van der Waals surface area contributed by atoms with Crippen LogP contribution < -0.4 is 15.0 Å². The van der Waals surface area contributed by atoms with Gasteiger partial charge in [-0.1, -0.05) is 12.1 Å². The number of H-pyrrole nitrogens is 1. The lowest BCUT2D eigenvalue weighted by Crippen LogP contribution is -2.57. The number of aliphatic carboxylic acids is 1. The number of benzene rings is 1. The highest BCUT2D eigenvalue weighted by atomic mass is 16.5. The molecule has 2 amide bonds. The first-order chi connectivity index (χ1) is 16.0. The first-order valence-electron chi connectivity index (χ1n) is 10.4. The molecule has 0 bridgehead atoms. The average Bonchev–Trinajstić information content (AvgIpc) is 3.52. The molecule has 2 aromatic heterocycles. The number of rotatable bonds is 6. The number of pyridine rings is 1. The first-order valence-corrected chi connectivity index (χ1v) is 10.4. The van der Waals surface area contributed by atoms with Crippen molar-refractivity contribution in [2.45, 2.75) is 18.0 Å². The highest BCUT2D eigenvalue weighted by Crippen LogP contribution is 2.50. The number of hydrogen-bond acceptors (Lipinski definition) is 7. The van der Waals surface area contributed by atoms with Gasteiger partial charge >= 0.3 is 5.97 Å². The van der Waals surface area contributed by atoms with Crippen molar-refractivity contribution in [2.75, 3.05) is 12.0 Å². The lowest BCUT2D eigenvalue weighted by molar-refractivity contribution is -0.148. The zero-order valence-corrected chi connectivity index (χ0v) is 17.6. The fourth-order valence-electron chi connectivity index (χ4n) is 4.96. The molecule has 2 fully saturated rings. The molecule has 2 unspecified atom stereocenters. The summed E-state index contributed by atoms with van der Waals surface area (Å²) < 4.78 is 5.22. The van der Waals surface area contributed by atoms with Crippen molar-refractivity contribution in [2.24, 2.45) is 11.8 Å². The van der Waals surface area contributed by atoms with E-state index in [9.17, 15) is 19.5 Å². The highest BCUT2D eigenvalue weighted by molar-refractivity contribution is 6.24. The number of carbonyl (C=O) groups is 3. The Balaban J connectivity index is 1.64. The summed E-state index contributed by atoms with van der Waals surface area (Å²) in [7, 11) is 1.55. The van der Waals surface area contributed by atoms with Gasteiger partial charge in [0.2, 0.25) is 11.8 Å². The molecule has 0 aliphatic carbocycles. The van der Waals surface area contributed by atoms with Crippen LogP contribution in [0.3, 0.4) is 0 Å². The van der Waals surface area contributed by atoms with E-state index in [1.54, 1.807) is 43.5 Å². The third-order valence-electron chi connectivity index (χ3n) is 6.46. The Morgan fingerprint density at radius 2 is 1.85 bits per heavy atom. The van der Waals surface area contributed by atoms with Crippen molar-refractivity contribution in [1.29, 1.82) is 0 Å². The van der Waals surface area contributed by atoms with Crippen molar-refractivity contribution < 1.29 is 24.2 Å². The lowest BCUT2D eigenvalue weighted by atomic mass is 9.77. The van der Waals surface area contributed by atoms with Crippen molar-refractivity contribution in [3.63, 3.8) is 0 Å². The number of hydrogen-bond donors (Lipinski definition) is 3. The van der Waals surface area contributed by atoms with Gasteiger partial charge in [0.05, 0.1) is 31.0 Å². The number of carboxylic acids is 1. The zero-order valence-electron chi connectivity index (χ0n) is 17.6. The van der Waals surface area contributed by atoms with Crippen LogP contribution in [0.4, 0.5) is 5.69 Å². The van der Waals surface area contributed by atoms with E-state index in [2.05, 4.69) is 20.3 Å². The molecular formula is C23H21N5O5. The maximum atomic E-state index is 13.7. The van der Waals surface area contributed by atoms with Gasteiger partial charge in [0, 0.05) is 36.7 Å². The van der Waals surface area contributed by atoms with Gasteiger partial charge in [-0.05, 0) is 29.8 Å². The minimum atomic E-state index is -1.71. The number of amides is 2. The average molecular weight is 447 g/mol. The summed E-state index contributed by atoms with van der Waals surface area (Å²) >= 11 is 0. The van der Waals surface area contributed by atoms with E-state index in [-0.39, 0.29) is 6.42 Å². The summed E-state index contributed by atoms with van der Waals surface area (Å²) in [5, 5.41) is 13.6. The van der Waals surface area contributed by atoms with Gasteiger partial charge in [-0.15, -0.1) is 0 Å². The molecule has 10 nitrogen and oxygen atoms in total. The predicted octanol–water partition coefficient (Wildman–Crippen LogP) is 1.33. The number of aromatic amines is 1. The smallest absolute Gasteiger partial charge is 0.325 e. The summed E-state index contributed by atoms with van der Waals surface area (Å²) in [6.07, 6.45) is 5.89.